The first-order chi connectivity index (χ1) is 13.2. The van der Waals surface area contributed by atoms with E-state index in [1.807, 2.05) is 4.57 Å². The third kappa shape index (κ3) is 2.89. The van der Waals surface area contributed by atoms with Gasteiger partial charge >= 0.3 is 5.97 Å². The van der Waals surface area contributed by atoms with Gasteiger partial charge < -0.3 is 19.9 Å². The fourth-order valence-electron chi connectivity index (χ4n) is 4.35. The standard InChI is InChI=1S/C21H26FN3O3/c1-10-12(3)25(13(4)11(2)23-10)19-8-18-15(7-17(19)22)20(26)16(21(27)28)9-24(18)14-5-6-14/h7-14,23H,5-6H2,1-4H3,(H,27,28). The number of nitrogens with one attached hydrogen (secondary N) is 1. The second-order valence-corrected chi connectivity index (χ2v) is 8.27. The molecule has 0 amide bonds. The van der Waals surface area contributed by atoms with Crippen molar-refractivity contribution in [3.05, 3.63) is 39.9 Å². The summed E-state index contributed by atoms with van der Waals surface area (Å²) in [7, 11) is 0. The smallest absolute Gasteiger partial charge is 0.341 e. The Morgan fingerprint density at radius 3 is 2.29 bits per heavy atom. The number of halogens is 1. The molecule has 6 nitrogen and oxygen atoms in total. The molecule has 2 heterocycles. The van der Waals surface area contributed by atoms with Gasteiger partial charge in [-0.15, -0.1) is 0 Å². The van der Waals surface area contributed by atoms with Crippen LogP contribution < -0.4 is 15.6 Å². The number of hydrogen-bond donors (Lipinski definition) is 2. The number of fused-ring (bicyclic) bond motifs is 1. The van der Waals surface area contributed by atoms with E-state index >= 15 is 4.39 Å². The molecule has 4 unspecified atom stereocenters. The van der Waals surface area contributed by atoms with Crippen LogP contribution in [0.15, 0.2) is 23.1 Å². The highest BCUT2D eigenvalue weighted by atomic mass is 19.1. The van der Waals surface area contributed by atoms with Crippen molar-refractivity contribution >= 4 is 22.6 Å². The van der Waals surface area contributed by atoms with Crippen LogP contribution in [0, 0.1) is 5.82 Å². The zero-order chi connectivity index (χ0) is 20.3. The number of aromatic carboxylic acids is 1. The van der Waals surface area contributed by atoms with E-state index in [0.717, 1.165) is 12.8 Å². The van der Waals surface area contributed by atoms with Crippen molar-refractivity contribution in [2.75, 3.05) is 4.90 Å². The predicted octanol–water partition coefficient (Wildman–Crippen LogP) is 3.14. The van der Waals surface area contributed by atoms with Gasteiger partial charge in [-0.1, -0.05) is 0 Å². The number of rotatable bonds is 3. The second-order valence-electron chi connectivity index (χ2n) is 8.27. The largest absolute Gasteiger partial charge is 0.477 e. The molecular weight excluding hydrogens is 361 g/mol. The molecule has 1 saturated carbocycles. The molecule has 2 aliphatic rings. The van der Waals surface area contributed by atoms with Crippen LogP contribution in [0.1, 0.15) is 56.9 Å². The van der Waals surface area contributed by atoms with Crippen molar-refractivity contribution in [1.82, 2.24) is 9.88 Å². The molecule has 2 aromatic rings. The minimum atomic E-state index is -1.28. The van der Waals surface area contributed by atoms with Gasteiger partial charge in [0.25, 0.3) is 0 Å². The molecule has 1 aliphatic heterocycles. The van der Waals surface area contributed by atoms with E-state index in [1.165, 1.54) is 12.3 Å². The number of benzene rings is 1. The molecule has 4 rings (SSSR count). The fraction of sp³-hybridized carbons (Fsp3) is 0.524. The van der Waals surface area contributed by atoms with Gasteiger partial charge in [0.15, 0.2) is 0 Å². The molecule has 7 heteroatoms. The number of carboxylic acids is 1. The van der Waals surface area contributed by atoms with E-state index in [-0.39, 0.29) is 41.2 Å². The molecule has 4 atom stereocenters. The first-order valence-corrected chi connectivity index (χ1v) is 9.86. The van der Waals surface area contributed by atoms with Crippen LogP contribution in [0.5, 0.6) is 0 Å². The van der Waals surface area contributed by atoms with E-state index in [4.69, 9.17) is 0 Å². The van der Waals surface area contributed by atoms with E-state index in [2.05, 4.69) is 37.9 Å². The van der Waals surface area contributed by atoms with Crippen LogP contribution in [-0.4, -0.2) is 39.8 Å². The van der Waals surface area contributed by atoms with Crippen LogP contribution in [0.4, 0.5) is 10.1 Å². The molecule has 2 fully saturated rings. The molecule has 1 saturated heterocycles. The Kier molecular flexibility index (Phi) is 4.45. The Balaban J connectivity index is 1.95. The van der Waals surface area contributed by atoms with Crippen molar-refractivity contribution in [1.29, 1.82) is 0 Å². The Hall–Kier alpha value is -2.41. The lowest BCUT2D eigenvalue weighted by molar-refractivity contribution is 0.0695. The first-order valence-electron chi connectivity index (χ1n) is 9.86. The summed E-state index contributed by atoms with van der Waals surface area (Å²) in [6.45, 7) is 8.28. The zero-order valence-electron chi connectivity index (χ0n) is 16.6. The summed E-state index contributed by atoms with van der Waals surface area (Å²) in [5, 5.41) is 13.0. The highest BCUT2D eigenvalue weighted by molar-refractivity contribution is 5.93. The van der Waals surface area contributed by atoms with Gasteiger partial charge in [0.2, 0.25) is 5.43 Å². The van der Waals surface area contributed by atoms with Gasteiger partial charge in [-0.3, -0.25) is 4.79 Å². The van der Waals surface area contributed by atoms with E-state index in [9.17, 15) is 14.7 Å². The van der Waals surface area contributed by atoms with Crippen LogP contribution >= 0.6 is 0 Å². The highest BCUT2D eigenvalue weighted by Crippen LogP contribution is 2.39. The van der Waals surface area contributed by atoms with Gasteiger partial charge in [-0.2, -0.15) is 0 Å². The number of hydrogen-bond acceptors (Lipinski definition) is 4. The molecule has 150 valence electrons. The number of carbonyl (C=O) groups is 1. The van der Waals surface area contributed by atoms with Crippen molar-refractivity contribution in [3.8, 4) is 0 Å². The number of piperazine rings is 1. The van der Waals surface area contributed by atoms with Crippen molar-refractivity contribution in [2.45, 2.75) is 70.7 Å². The third-order valence-electron chi connectivity index (χ3n) is 6.40. The van der Waals surface area contributed by atoms with Crippen molar-refractivity contribution in [3.63, 3.8) is 0 Å². The maximum absolute atomic E-state index is 15.2. The van der Waals surface area contributed by atoms with Crippen LogP contribution in [0.2, 0.25) is 0 Å². The Bertz CT molecular complexity index is 1000. The minimum Gasteiger partial charge on any atom is -0.477 e. The van der Waals surface area contributed by atoms with Gasteiger partial charge in [0.05, 0.1) is 11.2 Å². The maximum Gasteiger partial charge on any atom is 0.341 e. The van der Waals surface area contributed by atoms with E-state index in [0.29, 0.717) is 11.2 Å². The predicted molar refractivity (Wildman–Crippen MR) is 107 cm³/mol. The lowest BCUT2D eigenvalue weighted by Gasteiger charge is -2.48. The van der Waals surface area contributed by atoms with Crippen LogP contribution in [-0.2, 0) is 0 Å². The highest BCUT2D eigenvalue weighted by Gasteiger charge is 2.36. The molecule has 1 aliphatic carbocycles. The average molecular weight is 387 g/mol. The van der Waals surface area contributed by atoms with Gasteiger partial charge in [-0.25, -0.2) is 9.18 Å². The lowest BCUT2D eigenvalue weighted by atomic mass is 9.96. The summed E-state index contributed by atoms with van der Waals surface area (Å²) < 4.78 is 17.0. The summed E-state index contributed by atoms with van der Waals surface area (Å²) in [5.74, 6) is -1.77. The van der Waals surface area contributed by atoms with Crippen molar-refractivity contribution in [2.24, 2.45) is 0 Å². The molecule has 0 bridgehead atoms. The number of nitrogens with zero attached hydrogens (tertiary/aromatic N) is 2. The Morgan fingerprint density at radius 2 is 1.75 bits per heavy atom. The summed E-state index contributed by atoms with van der Waals surface area (Å²) >= 11 is 0. The monoisotopic (exact) mass is 387 g/mol. The van der Waals surface area contributed by atoms with Gasteiger partial charge in [0.1, 0.15) is 11.4 Å². The molecular formula is C21H26FN3O3. The normalized spacial score (nSPS) is 28.0. The van der Waals surface area contributed by atoms with Crippen molar-refractivity contribution < 1.29 is 14.3 Å². The minimum absolute atomic E-state index is 0.0672. The molecule has 0 spiro atoms. The topological polar surface area (TPSA) is 74.6 Å². The number of pyridine rings is 1. The average Bonchev–Trinajstić information content (AvgIpc) is 3.46. The zero-order valence-corrected chi connectivity index (χ0v) is 16.6. The summed E-state index contributed by atoms with van der Waals surface area (Å²) in [4.78, 5) is 26.2. The number of carboxylic acid groups (broad SMARTS) is 1. The fourth-order valence-corrected chi connectivity index (χ4v) is 4.35. The Labute approximate surface area is 163 Å². The lowest BCUT2D eigenvalue weighted by Crippen LogP contribution is -2.64. The van der Waals surface area contributed by atoms with Gasteiger partial charge in [0, 0.05) is 41.8 Å². The summed E-state index contributed by atoms with van der Waals surface area (Å²) in [5.41, 5.74) is 0.127. The molecule has 28 heavy (non-hydrogen) atoms. The molecule has 0 radical (unpaired) electrons. The number of anilines is 1. The molecule has 1 aromatic carbocycles. The maximum atomic E-state index is 15.2. The van der Waals surface area contributed by atoms with E-state index in [1.54, 1.807) is 6.07 Å². The molecule has 2 N–H and O–H groups in total. The first kappa shape index (κ1) is 18.9. The Morgan fingerprint density at radius 1 is 1.14 bits per heavy atom. The SMILES string of the molecule is CC1NC(C)C(C)N(c2cc3c(cc2F)c(=O)c(C(=O)O)cn3C2CC2)C1C. The summed E-state index contributed by atoms with van der Waals surface area (Å²) in [6, 6.07) is 3.61. The molecule has 1 aromatic heterocycles. The second kappa shape index (κ2) is 6.58. The van der Waals surface area contributed by atoms with E-state index < -0.39 is 17.2 Å². The van der Waals surface area contributed by atoms with Crippen LogP contribution in [0.25, 0.3) is 10.9 Å². The summed E-state index contributed by atoms with van der Waals surface area (Å²) in [6.07, 6.45) is 3.28. The number of aromatic nitrogens is 1. The third-order valence-corrected chi connectivity index (χ3v) is 6.40. The quantitative estimate of drug-likeness (QED) is 0.846. The van der Waals surface area contributed by atoms with Crippen LogP contribution in [0.3, 0.4) is 0 Å². The van der Waals surface area contributed by atoms with Gasteiger partial charge in [-0.05, 0) is 52.7 Å².